The maximum Gasteiger partial charge on any atom is 0.315 e. The second kappa shape index (κ2) is 6.91. The van der Waals surface area contributed by atoms with Crippen LogP contribution in [0.25, 0.3) is 0 Å². The molecule has 2 N–H and O–H groups in total. The minimum atomic E-state index is -0.358. The molecule has 0 aromatic heterocycles. The molecule has 0 saturated carbocycles. The highest BCUT2D eigenvalue weighted by Crippen LogP contribution is 2.27. The van der Waals surface area contributed by atoms with Gasteiger partial charge in [-0.05, 0) is 18.1 Å². The van der Waals surface area contributed by atoms with Crippen molar-refractivity contribution in [3.8, 4) is 0 Å². The van der Waals surface area contributed by atoms with E-state index < -0.39 is 0 Å². The van der Waals surface area contributed by atoms with Crippen LogP contribution in [0.4, 0.5) is 10.5 Å². The minimum absolute atomic E-state index is 0.00680. The van der Waals surface area contributed by atoms with Crippen molar-refractivity contribution >= 4 is 17.6 Å². The van der Waals surface area contributed by atoms with Crippen molar-refractivity contribution in [2.24, 2.45) is 0 Å². The van der Waals surface area contributed by atoms with Gasteiger partial charge in [0.25, 0.3) is 0 Å². The van der Waals surface area contributed by atoms with Gasteiger partial charge in [0, 0.05) is 25.9 Å². The van der Waals surface area contributed by atoms with E-state index in [9.17, 15) is 9.59 Å². The van der Waals surface area contributed by atoms with Crippen molar-refractivity contribution in [1.29, 1.82) is 0 Å². The molecule has 0 fully saturated rings. The van der Waals surface area contributed by atoms with Crippen LogP contribution in [-0.2, 0) is 16.0 Å². The molecule has 0 saturated heterocycles. The van der Waals surface area contributed by atoms with Crippen LogP contribution in [-0.4, -0.2) is 45.3 Å². The number of ether oxygens (including phenoxy) is 1. The van der Waals surface area contributed by atoms with Gasteiger partial charge in [-0.1, -0.05) is 18.2 Å². The molecule has 0 unspecified atom stereocenters. The lowest BCUT2D eigenvalue weighted by atomic mass is 10.2. The SMILES string of the molecule is COCCNC(=O)NCC(=O)N1CCc2ccccc21. The van der Waals surface area contributed by atoms with Gasteiger partial charge in [0.05, 0.1) is 13.2 Å². The summed E-state index contributed by atoms with van der Waals surface area (Å²) in [7, 11) is 1.56. The Morgan fingerprint density at radius 3 is 2.90 bits per heavy atom. The number of carbonyl (C=O) groups is 2. The Morgan fingerprint density at radius 2 is 2.10 bits per heavy atom. The molecule has 1 heterocycles. The molecule has 0 bridgehead atoms. The van der Waals surface area contributed by atoms with Crippen LogP contribution in [0.5, 0.6) is 0 Å². The van der Waals surface area contributed by atoms with Gasteiger partial charge in [-0.2, -0.15) is 0 Å². The van der Waals surface area contributed by atoms with Crippen molar-refractivity contribution in [1.82, 2.24) is 10.6 Å². The normalized spacial score (nSPS) is 12.9. The van der Waals surface area contributed by atoms with E-state index in [0.29, 0.717) is 19.7 Å². The fraction of sp³-hybridized carbons (Fsp3) is 0.429. The molecule has 0 atom stereocenters. The molecule has 1 aromatic carbocycles. The highest BCUT2D eigenvalue weighted by atomic mass is 16.5. The van der Waals surface area contributed by atoms with Crippen LogP contribution in [0.1, 0.15) is 5.56 Å². The third kappa shape index (κ3) is 3.48. The van der Waals surface area contributed by atoms with Crippen LogP contribution < -0.4 is 15.5 Å². The van der Waals surface area contributed by atoms with Crippen LogP contribution >= 0.6 is 0 Å². The van der Waals surface area contributed by atoms with Crippen molar-refractivity contribution < 1.29 is 14.3 Å². The number of nitrogens with zero attached hydrogens (tertiary/aromatic N) is 1. The molecule has 1 aliphatic rings. The summed E-state index contributed by atoms with van der Waals surface area (Å²) < 4.78 is 4.82. The third-order valence-corrected chi connectivity index (χ3v) is 3.18. The summed E-state index contributed by atoms with van der Waals surface area (Å²) in [6, 6.07) is 7.47. The highest BCUT2D eigenvalue weighted by molar-refractivity contribution is 5.98. The van der Waals surface area contributed by atoms with Gasteiger partial charge in [0.2, 0.25) is 5.91 Å². The third-order valence-electron chi connectivity index (χ3n) is 3.18. The van der Waals surface area contributed by atoms with E-state index in [4.69, 9.17) is 4.74 Å². The molecular weight excluding hydrogens is 258 g/mol. The maximum absolute atomic E-state index is 12.1. The quantitative estimate of drug-likeness (QED) is 0.771. The summed E-state index contributed by atoms with van der Waals surface area (Å²) in [5, 5.41) is 5.16. The lowest BCUT2D eigenvalue weighted by Crippen LogP contribution is -2.44. The average Bonchev–Trinajstić information content (AvgIpc) is 2.89. The molecule has 0 aliphatic carbocycles. The first-order valence-electron chi connectivity index (χ1n) is 6.61. The van der Waals surface area contributed by atoms with E-state index in [-0.39, 0.29) is 18.5 Å². The number of urea groups is 1. The summed E-state index contributed by atoms with van der Waals surface area (Å²) in [5.74, 6) is -0.100. The van der Waals surface area contributed by atoms with Gasteiger partial charge in [0.15, 0.2) is 0 Å². The highest BCUT2D eigenvalue weighted by Gasteiger charge is 2.23. The molecule has 3 amide bonds. The van der Waals surface area contributed by atoms with E-state index in [2.05, 4.69) is 10.6 Å². The predicted octanol–water partition coefficient (Wildman–Crippen LogP) is 0.521. The molecular formula is C14H19N3O3. The number of nitrogens with one attached hydrogen (secondary N) is 2. The smallest absolute Gasteiger partial charge is 0.315 e. The van der Waals surface area contributed by atoms with Crippen LogP contribution in [0, 0.1) is 0 Å². The molecule has 108 valence electrons. The number of carbonyl (C=O) groups excluding carboxylic acids is 2. The van der Waals surface area contributed by atoms with Gasteiger partial charge >= 0.3 is 6.03 Å². The number of rotatable bonds is 5. The van der Waals surface area contributed by atoms with Gasteiger partial charge < -0.3 is 20.3 Å². The molecule has 6 nitrogen and oxygen atoms in total. The Morgan fingerprint density at radius 1 is 1.30 bits per heavy atom. The van der Waals surface area contributed by atoms with Gasteiger partial charge in [-0.3, -0.25) is 4.79 Å². The zero-order valence-corrected chi connectivity index (χ0v) is 11.5. The Hall–Kier alpha value is -2.08. The van der Waals surface area contributed by atoms with E-state index in [1.165, 1.54) is 5.56 Å². The summed E-state index contributed by atoms with van der Waals surface area (Å²) in [4.78, 5) is 25.2. The van der Waals surface area contributed by atoms with E-state index >= 15 is 0 Å². The van der Waals surface area contributed by atoms with Gasteiger partial charge in [-0.25, -0.2) is 4.79 Å². The van der Waals surface area contributed by atoms with Crippen LogP contribution in [0.15, 0.2) is 24.3 Å². The molecule has 20 heavy (non-hydrogen) atoms. The molecule has 2 rings (SSSR count). The van der Waals surface area contributed by atoms with Gasteiger partial charge in [0.1, 0.15) is 0 Å². The molecule has 0 spiro atoms. The Balaban J connectivity index is 1.80. The second-order valence-corrected chi connectivity index (χ2v) is 4.53. The topological polar surface area (TPSA) is 70.7 Å². The zero-order chi connectivity index (χ0) is 14.4. The zero-order valence-electron chi connectivity index (χ0n) is 11.5. The number of hydrogen-bond acceptors (Lipinski definition) is 3. The minimum Gasteiger partial charge on any atom is -0.383 e. The second-order valence-electron chi connectivity index (χ2n) is 4.53. The predicted molar refractivity (Wildman–Crippen MR) is 75.8 cm³/mol. The molecule has 1 aliphatic heterocycles. The number of hydrogen-bond donors (Lipinski definition) is 2. The number of benzene rings is 1. The van der Waals surface area contributed by atoms with Crippen molar-refractivity contribution in [3.05, 3.63) is 29.8 Å². The number of amides is 3. The lowest BCUT2D eigenvalue weighted by Gasteiger charge is -2.17. The van der Waals surface area contributed by atoms with Crippen molar-refractivity contribution in [2.45, 2.75) is 6.42 Å². The van der Waals surface area contributed by atoms with Crippen LogP contribution in [0.2, 0.25) is 0 Å². The largest absolute Gasteiger partial charge is 0.383 e. The standard InChI is InChI=1S/C14H19N3O3/c1-20-9-7-15-14(19)16-10-13(18)17-8-6-11-4-2-3-5-12(11)17/h2-5H,6-10H2,1H3,(H2,15,16,19). The lowest BCUT2D eigenvalue weighted by molar-refractivity contribution is -0.117. The summed E-state index contributed by atoms with van der Waals surface area (Å²) in [6.45, 7) is 1.53. The molecule has 0 radical (unpaired) electrons. The number of methoxy groups -OCH3 is 1. The number of anilines is 1. The van der Waals surface area contributed by atoms with Crippen molar-refractivity contribution in [2.75, 3.05) is 38.3 Å². The first-order valence-corrected chi connectivity index (χ1v) is 6.61. The Kier molecular flexibility index (Phi) is 4.95. The maximum atomic E-state index is 12.1. The molecule has 6 heteroatoms. The van der Waals surface area contributed by atoms with E-state index in [1.54, 1.807) is 12.0 Å². The van der Waals surface area contributed by atoms with Crippen LogP contribution in [0.3, 0.4) is 0 Å². The monoisotopic (exact) mass is 277 g/mol. The summed E-state index contributed by atoms with van der Waals surface area (Å²) in [6.07, 6.45) is 0.863. The van der Waals surface area contributed by atoms with Gasteiger partial charge in [-0.15, -0.1) is 0 Å². The number of para-hydroxylation sites is 1. The molecule has 1 aromatic rings. The summed E-state index contributed by atoms with van der Waals surface area (Å²) >= 11 is 0. The first-order chi connectivity index (χ1) is 9.72. The van der Waals surface area contributed by atoms with E-state index in [0.717, 1.165) is 12.1 Å². The fourth-order valence-electron chi connectivity index (χ4n) is 2.18. The first kappa shape index (κ1) is 14.3. The van der Waals surface area contributed by atoms with Crippen molar-refractivity contribution in [3.63, 3.8) is 0 Å². The van der Waals surface area contributed by atoms with E-state index in [1.807, 2.05) is 24.3 Å². The fourth-order valence-corrected chi connectivity index (χ4v) is 2.18. The average molecular weight is 277 g/mol. The Bertz CT molecular complexity index is 490. The number of fused-ring (bicyclic) bond motifs is 1. The Labute approximate surface area is 118 Å². The summed E-state index contributed by atoms with van der Waals surface area (Å²) in [5.41, 5.74) is 2.12.